The molecule has 0 aliphatic rings. The van der Waals surface area contributed by atoms with E-state index in [4.69, 9.17) is 0 Å². The van der Waals surface area contributed by atoms with Gasteiger partial charge < -0.3 is 9.88 Å². The molecule has 28 heavy (non-hydrogen) atoms. The van der Waals surface area contributed by atoms with Gasteiger partial charge in [-0.3, -0.25) is 9.59 Å². The molecular formula is C20H22FN3O2S2. The molecule has 0 fully saturated rings. The molecule has 0 bridgehead atoms. The molecule has 1 atom stereocenters. The van der Waals surface area contributed by atoms with Crippen LogP contribution in [-0.4, -0.2) is 33.1 Å². The zero-order chi connectivity index (χ0) is 20.4. The van der Waals surface area contributed by atoms with Crippen LogP contribution in [0.3, 0.4) is 0 Å². The van der Waals surface area contributed by atoms with Crippen molar-refractivity contribution in [2.24, 2.45) is 0 Å². The van der Waals surface area contributed by atoms with E-state index in [-0.39, 0.29) is 29.1 Å². The molecular weight excluding hydrogens is 397 g/mol. The maximum atomic E-state index is 13.8. The maximum absolute atomic E-state index is 13.8. The van der Waals surface area contributed by atoms with Gasteiger partial charge in [0.25, 0.3) is 5.56 Å². The molecule has 2 aromatic heterocycles. The normalized spacial score (nSPS) is 12.3. The summed E-state index contributed by atoms with van der Waals surface area (Å²) in [5.74, 6) is 0.556. The van der Waals surface area contributed by atoms with Crippen molar-refractivity contribution in [2.45, 2.75) is 38.3 Å². The molecule has 0 aliphatic carbocycles. The van der Waals surface area contributed by atoms with Crippen molar-refractivity contribution in [3.8, 4) is 0 Å². The summed E-state index contributed by atoms with van der Waals surface area (Å²) in [5.41, 5.74) is 1.31. The topological polar surface area (TPSA) is 66.1 Å². The molecule has 3 rings (SSSR count). The standard InChI is InChI=1S/C20H22FN3O2S2/c1-11-12(2)28-19-17(11)18(25)22-16(23-19)10-27-13(3)20(26)24(4)9-14-7-5-6-8-15(14)21/h5-8,13H,9-10H2,1-4H3,(H,22,23,25). The number of nitrogens with zero attached hydrogens (tertiary/aromatic N) is 2. The van der Waals surface area contributed by atoms with Crippen LogP contribution in [0.4, 0.5) is 4.39 Å². The number of aryl methyl sites for hydroxylation is 2. The lowest BCUT2D eigenvalue weighted by Crippen LogP contribution is -2.33. The quantitative estimate of drug-likeness (QED) is 0.655. The van der Waals surface area contributed by atoms with E-state index < -0.39 is 0 Å². The Morgan fingerprint density at radius 2 is 2.07 bits per heavy atom. The Hall–Kier alpha value is -2.19. The number of amides is 1. The van der Waals surface area contributed by atoms with Crippen LogP contribution >= 0.6 is 23.1 Å². The summed E-state index contributed by atoms with van der Waals surface area (Å²) in [6.45, 7) is 5.92. The minimum atomic E-state index is -0.343. The summed E-state index contributed by atoms with van der Waals surface area (Å²) < 4.78 is 13.8. The summed E-state index contributed by atoms with van der Waals surface area (Å²) in [5, 5.41) is 0.301. The number of aromatic amines is 1. The fourth-order valence-electron chi connectivity index (χ4n) is 2.91. The van der Waals surface area contributed by atoms with Gasteiger partial charge in [-0.2, -0.15) is 0 Å². The molecule has 5 nitrogen and oxygen atoms in total. The van der Waals surface area contributed by atoms with Crippen LogP contribution in [-0.2, 0) is 17.1 Å². The summed E-state index contributed by atoms with van der Waals surface area (Å²) >= 11 is 2.90. The largest absolute Gasteiger partial charge is 0.340 e. The van der Waals surface area contributed by atoms with E-state index in [9.17, 15) is 14.0 Å². The summed E-state index contributed by atoms with van der Waals surface area (Å²) in [7, 11) is 1.66. The lowest BCUT2D eigenvalue weighted by molar-refractivity contribution is -0.129. The van der Waals surface area contributed by atoms with Crippen molar-refractivity contribution in [3.63, 3.8) is 0 Å². The van der Waals surface area contributed by atoms with E-state index in [1.165, 1.54) is 34.1 Å². The first-order chi connectivity index (χ1) is 13.3. The number of fused-ring (bicyclic) bond motifs is 1. The Kier molecular flexibility index (Phi) is 6.20. The van der Waals surface area contributed by atoms with E-state index >= 15 is 0 Å². The fourth-order valence-corrected chi connectivity index (χ4v) is 4.83. The van der Waals surface area contributed by atoms with Crippen LogP contribution in [0.1, 0.15) is 28.8 Å². The molecule has 0 saturated heterocycles. The van der Waals surface area contributed by atoms with Gasteiger partial charge in [-0.1, -0.05) is 18.2 Å². The number of halogens is 1. The molecule has 1 N–H and O–H groups in total. The Balaban J connectivity index is 1.65. The van der Waals surface area contributed by atoms with Gasteiger partial charge in [0.05, 0.1) is 16.4 Å². The summed E-state index contributed by atoms with van der Waals surface area (Å²) in [6.07, 6.45) is 0. The van der Waals surface area contributed by atoms with Crippen LogP contribution in [0.25, 0.3) is 10.2 Å². The van der Waals surface area contributed by atoms with Gasteiger partial charge in [-0.15, -0.1) is 23.1 Å². The molecule has 3 aromatic rings. The molecule has 1 aromatic carbocycles. The molecule has 8 heteroatoms. The van der Waals surface area contributed by atoms with Gasteiger partial charge in [0, 0.05) is 24.0 Å². The number of nitrogens with one attached hydrogen (secondary N) is 1. The average molecular weight is 420 g/mol. The van der Waals surface area contributed by atoms with Gasteiger partial charge in [0.2, 0.25) is 5.91 Å². The Bertz CT molecular complexity index is 1080. The smallest absolute Gasteiger partial charge is 0.259 e. The van der Waals surface area contributed by atoms with E-state index in [0.717, 1.165) is 15.3 Å². The SMILES string of the molecule is Cc1sc2nc(CSC(C)C(=O)N(C)Cc3ccccc3F)[nH]c(=O)c2c1C. The molecule has 0 radical (unpaired) electrons. The van der Waals surface area contributed by atoms with Gasteiger partial charge in [0.15, 0.2) is 0 Å². The van der Waals surface area contributed by atoms with Crippen molar-refractivity contribution >= 4 is 39.2 Å². The molecule has 1 unspecified atom stereocenters. The first-order valence-corrected chi connectivity index (χ1v) is 10.7. The van der Waals surface area contributed by atoms with Crippen molar-refractivity contribution in [2.75, 3.05) is 7.05 Å². The zero-order valence-electron chi connectivity index (χ0n) is 16.2. The molecule has 0 saturated carbocycles. The highest BCUT2D eigenvalue weighted by Crippen LogP contribution is 2.26. The monoisotopic (exact) mass is 419 g/mol. The highest BCUT2D eigenvalue weighted by molar-refractivity contribution is 7.99. The van der Waals surface area contributed by atoms with E-state index in [2.05, 4.69) is 9.97 Å². The van der Waals surface area contributed by atoms with Crippen molar-refractivity contribution < 1.29 is 9.18 Å². The van der Waals surface area contributed by atoms with E-state index in [1.54, 1.807) is 32.2 Å². The van der Waals surface area contributed by atoms with Crippen molar-refractivity contribution in [3.05, 3.63) is 62.3 Å². The Labute approximate surface area is 171 Å². The fraction of sp³-hybridized carbons (Fsp3) is 0.350. The van der Waals surface area contributed by atoms with Gasteiger partial charge in [0.1, 0.15) is 16.5 Å². The second-order valence-electron chi connectivity index (χ2n) is 6.71. The number of rotatable bonds is 6. The Morgan fingerprint density at radius 1 is 1.36 bits per heavy atom. The van der Waals surface area contributed by atoms with Gasteiger partial charge in [-0.05, 0) is 32.4 Å². The molecule has 148 valence electrons. The van der Waals surface area contributed by atoms with Gasteiger partial charge in [-0.25, -0.2) is 9.37 Å². The molecule has 0 spiro atoms. The van der Waals surface area contributed by atoms with Crippen molar-refractivity contribution in [1.29, 1.82) is 0 Å². The number of carbonyl (C=O) groups excluding carboxylic acids is 1. The number of hydrogen-bond acceptors (Lipinski definition) is 5. The first kappa shape index (κ1) is 20.5. The number of thioether (sulfide) groups is 1. The van der Waals surface area contributed by atoms with Gasteiger partial charge >= 0.3 is 0 Å². The third-order valence-corrected chi connectivity index (χ3v) is 6.89. The minimum absolute atomic E-state index is 0.0977. The average Bonchev–Trinajstić information content (AvgIpc) is 2.95. The van der Waals surface area contributed by atoms with E-state index in [1.807, 2.05) is 13.8 Å². The lowest BCUT2D eigenvalue weighted by Gasteiger charge is -2.21. The van der Waals surface area contributed by atoms with Crippen LogP contribution < -0.4 is 5.56 Å². The molecule has 2 heterocycles. The van der Waals surface area contributed by atoms with E-state index in [0.29, 0.717) is 22.5 Å². The molecule has 0 aliphatic heterocycles. The number of benzene rings is 1. The summed E-state index contributed by atoms with van der Waals surface area (Å²) in [4.78, 5) is 35.6. The second-order valence-corrected chi connectivity index (χ2v) is 9.25. The zero-order valence-corrected chi connectivity index (χ0v) is 17.8. The third-order valence-electron chi connectivity index (χ3n) is 4.65. The predicted octanol–water partition coefficient (Wildman–Crippen LogP) is 4.02. The first-order valence-electron chi connectivity index (χ1n) is 8.86. The van der Waals surface area contributed by atoms with Crippen LogP contribution in [0.5, 0.6) is 0 Å². The van der Waals surface area contributed by atoms with Crippen molar-refractivity contribution in [1.82, 2.24) is 14.9 Å². The Morgan fingerprint density at radius 3 is 2.79 bits per heavy atom. The number of H-pyrrole nitrogens is 1. The highest BCUT2D eigenvalue weighted by atomic mass is 32.2. The highest BCUT2D eigenvalue weighted by Gasteiger charge is 2.20. The van der Waals surface area contributed by atoms with Crippen LogP contribution in [0, 0.1) is 19.7 Å². The van der Waals surface area contributed by atoms with Crippen LogP contribution in [0.15, 0.2) is 29.1 Å². The predicted molar refractivity (Wildman–Crippen MR) is 113 cm³/mol. The third kappa shape index (κ3) is 4.28. The minimum Gasteiger partial charge on any atom is -0.340 e. The second kappa shape index (κ2) is 8.45. The molecule has 1 amide bonds. The number of carbonyl (C=O) groups is 1. The summed E-state index contributed by atoms with van der Waals surface area (Å²) in [6, 6.07) is 6.44. The number of thiophene rings is 1. The lowest BCUT2D eigenvalue weighted by atomic mass is 10.2. The maximum Gasteiger partial charge on any atom is 0.259 e. The number of hydrogen-bond donors (Lipinski definition) is 1. The number of aromatic nitrogens is 2. The van der Waals surface area contributed by atoms with Crippen LogP contribution in [0.2, 0.25) is 0 Å².